The van der Waals surface area contributed by atoms with Crippen molar-refractivity contribution in [1.29, 1.82) is 0 Å². The molecule has 1 heterocycles. The molecule has 0 unspecified atom stereocenters. The summed E-state index contributed by atoms with van der Waals surface area (Å²) in [6.07, 6.45) is 0.889. The van der Waals surface area contributed by atoms with Crippen molar-refractivity contribution in [2.24, 2.45) is 0 Å². The highest BCUT2D eigenvalue weighted by atomic mass is 127. The molecule has 0 spiro atoms. The van der Waals surface area contributed by atoms with Crippen molar-refractivity contribution in [3.05, 3.63) is 57.2 Å². The van der Waals surface area contributed by atoms with Crippen LogP contribution in [-0.2, 0) is 11.3 Å². The van der Waals surface area contributed by atoms with Gasteiger partial charge in [-0.25, -0.2) is 0 Å². The fraction of sp³-hybridized carbons (Fsp3) is 0.333. The number of likely N-dealkylation sites (tertiary alicyclic amines) is 1. The number of anilines is 1. The molecular weight excluding hydrogens is 483 g/mol. The van der Waals surface area contributed by atoms with Gasteiger partial charge in [0.15, 0.2) is 0 Å². The molecule has 2 aromatic rings. The van der Waals surface area contributed by atoms with Crippen LogP contribution in [0.2, 0.25) is 0 Å². The lowest BCUT2D eigenvalue weighted by molar-refractivity contribution is -0.120. The zero-order valence-electron chi connectivity index (χ0n) is 16.3. The summed E-state index contributed by atoms with van der Waals surface area (Å²) in [5.74, 6) is 0.303. The molecule has 29 heavy (non-hydrogen) atoms. The van der Waals surface area contributed by atoms with Gasteiger partial charge in [-0.1, -0.05) is 12.1 Å². The third-order valence-electron chi connectivity index (χ3n) is 4.87. The molecule has 8 heteroatoms. The fourth-order valence-corrected chi connectivity index (χ4v) is 3.83. The molecule has 1 fully saturated rings. The summed E-state index contributed by atoms with van der Waals surface area (Å²) >= 11 is 2.12. The van der Waals surface area contributed by atoms with Crippen molar-refractivity contribution in [1.82, 2.24) is 15.5 Å². The van der Waals surface area contributed by atoms with Crippen molar-refractivity contribution in [2.45, 2.75) is 19.0 Å². The predicted molar refractivity (Wildman–Crippen MR) is 121 cm³/mol. The summed E-state index contributed by atoms with van der Waals surface area (Å²) in [4.78, 5) is 26.8. The standard InChI is InChI=1S/C21H25IN4O3/c1-29-17-5-2-14(3-6-17)12-26-9-8-16(13-26)25-20(27)11-24-21(28)18-10-15(22)4-7-19(18)23/h2-7,10,16H,8-9,11-13,23H2,1H3,(H,24,28)(H,25,27)/t16-/m1/s1. The first kappa shape index (κ1) is 21.4. The number of nitrogens with two attached hydrogens (primary N) is 1. The second-order valence-electron chi connectivity index (χ2n) is 7.05. The molecule has 4 N–H and O–H groups in total. The zero-order chi connectivity index (χ0) is 20.8. The van der Waals surface area contributed by atoms with E-state index in [0.717, 1.165) is 35.4 Å². The number of carbonyl (C=O) groups is 2. The molecule has 1 atom stereocenters. The minimum absolute atomic E-state index is 0.0707. The molecule has 1 aliphatic rings. The van der Waals surface area contributed by atoms with Gasteiger partial charge in [0.05, 0.1) is 19.2 Å². The second kappa shape index (κ2) is 9.93. The number of nitrogen functional groups attached to an aromatic ring is 1. The highest BCUT2D eigenvalue weighted by molar-refractivity contribution is 14.1. The summed E-state index contributed by atoms with van der Waals surface area (Å²) in [7, 11) is 1.65. The van der Waals surface area contributed by atoms with Crippen LogP contribution in [0.4, 0.5) is 5.69 Å². The highest BCUT2D eigenvalue weighted by Crippen LogP contribution is 2.17. The highest BCUT2D eigenvalue weighted by Gasteiger charge is 2.24. The van der Waals surface area contributed by atoms with E-state index >= 15 is 0 Å². The quantitative estimate of drug-likeness (QED) is 0.393. The van der Waals surface area contributed by atoms with Gasteiger partial charge < -0.3 is 21.1 Å². The third-order valence-corrected chi connectivity index (χ3v) is 5.54. The predicted octanol–water partition coefficient (Wildman–Crippen LogP) is 2.00. The Labute approximate surface area is 184 Å². The van der Waals surface area contributed by atoms with Crippen molar-refractivity contribution in [3.63, 3.8) is 0 Å². The van der Waals surface area contributed by atoms with Gasteiger partial charge in [0.2, 0.25) is 5.91 Å². The molecule has 3 rings (SSSR count). The van der Waals surface area contributed by atoms with E-state index in [-0.39, 0.29) is 24.4 Å². The number of ether oxygens (including phenoxy) is 1. The molecule has 0 aliphatic carbocycles. The first-order valence-corrected chi connectivity index (χ1v) is 10.5. The Bertz CT molecular complexity index is 873. The molecule has 2 aromatic carbocycles. The topological polar surface area (TPSA) is 96.7 Å². The largest absolute Gasteiger partial charge is 0.497 e. The number of hydrogen-bond donors (Lipinski definition) is 3. The van der Waals surface area contributed by atoms with Crippen LogP contribution >= 0.6 is 22.6 Å². The van der Waals surface area contributed by atoms with E-state index in [1.54, 1.807) is 19.2 Å². The lowest BCUT2D eigenvalue weighted by Gasteiger charge is -2.17. The molecule has 0 bridgehead atoms. The van der Waals surface area contributed by atoms with Crippen LogP contribution in [0, 0.1) is 3.57 Å². The smallest absolute Gasteiger partial charge is 0.253 e. The van der Waals surface area contributed by atoms with Crippen molar-refractivity contribution in [3.8, 4) is 5.75 Å². The molecule has 1 aliphatic heterocycles. The Morgan fingerprint density at radius 1 is 1.24 bits per heavy atom. The maximum Gasteiger partial charge on any atom is 0.253 e. The van der Waals surface area contributed by atoms with Gasteiger partial charge in [-0.2, -0.15) is 0 Å². The minimum atomic E-state index is -0.344. The Balaban J connectivity index is 1.43. The second-order valence-corrected chi connectivity index (χ2v) is 8.30. The molecule has 154 valence electrons. The molecule has 7 nitrogen and oxygen atoms in total. The summed E-state index contributed by atoms with van der Waals surface area (Å²) in [6, 6.07) is 13.3. The normalized spacial score (nSPS) is 16.4. The third kappa shape index (κ3) is 6.07. The van der Waals surface area contributed by atoms with Gasteiger partial charge in [-0.15, -0.1) is 0 Å². The zero-order valence-corrected chi connectivity index (χ0v) is 18.4. The van der Waals surface area contributed by atoms with Gasteiger partial charge in [-0.05, 0) is 64.9 Å². The van der Waals surface area contributed by atoms with Crippen LogP contribution in [-0.4, -0.2) is 49.5 Å². The average molecular weight is 508 g/mol. The number of nitrogens with one attached hydrogen (secondary N) is 2. The first-order valence-electron chi connectivity index (χ1n) is 9.42. The van der Waals surface area contributed by atoms with E-state index < -0.39 is 0 Å². The van der Waals surface area contributed by atoms with Crippen LogP contribution in [0.15, 0.2) is 42.5 Å². The van der Waals surface area contributed by atoms with Gasteiger partial charge in [-0.3, -0.25) is 14.5 Å². The lowest BCUT2D eigenvalue weighted by Crippen LogP contribution is -2.43. The number of amides is 2. The van der Waals surface area contributed by atoms with Gasteiger partial charge in [0.1, 0.15) is 5.75 Å². The van der Waals surface area contributed by atoms with E-state index in [9.17, 15) is 9.59 Å². The van der Waals surface area contributed by atoms with Crippen molar-refractivity contribution in [2.75, 3.05) is 32.5 Å². The Morgan fingerprint density at radius 3 is 2.72 bits per heavy atom. The van der Waals surface area contributed by atoms with Crippen LogP contribution in [0.5, 0.6) is 5.75 Å². The molecule has 2 amide bonds. The van der Waals surface area contributed by atoms with Crippen LogP contribution < -0.4 is 21.1 Å². The number of carbonyl (C=O) groups excluding carboxylic acids is 2. The molecule has 0 saturated carbocycles. The number of nitrogens with zero attached hydrogens (tertiary/aromatic N) is 1. The minimum Gasteiger partial charge on any atom is -0.497 e. The maximum absolute atomic E-state index is 12.3. The van der Waals surface area contributed by atoms with Gasteiger partial charge in [0.25, 0.3) is 5.91 Å². The van der Waals surface area contributed by atoms with Crippen LogP contribution in [0.1, 0.15) is 22.3 Å². The van der Waals surface area contributed by atoms with E-state index in [1.165, 1.54) is 5.56 Å². The van der Waals surface area contributed by atoms with Crippen LogP contribution in [0.3, 0.4) is 0 Å². The summed E-state index contributed by atoms with van der Waals surface area (Å²) in [6.45, 7) is 2.47. The monoisotopic (exact) mass is 508 g/mol. The Kier molecular flexibility index (Phi) is 7.32. The lowest BCUT2D eigenvalue weighted by atomic mass is 10.1. The molecule has 1 saturated heterocycles. The number of rotatable bonds is 7. The SMILES string of the molecule is COc1ccc(CN2CC[C@@H](NC(=O)CNC(=O)c3cc(I)ccc3N)C2)cc1. The number of benzene rings is 2. The van der Waals surface area contributed by atoms with Crippen molar-refractivity contribution >= 4 is 40.1 Å². The van der Waals surface area contributed by atoms with Gasteiger partial charge >= 0.3 is 0 Å². The van der Waals surface area contributed by atoms with Crippen LogP contribution in [0.25, 0.3) is 0 Å². The Hall–Kier alpha value is -2.33. The number of halogens is 1. The number of methoxy groups -OCH3 is 1. The van der Waals surface area contributed by atoms with E-state index in [2.05, 4.69) is 50.3 Å². The molecule has 0 aromatic heterocycles. The van der Waals surface area contributed by atoms with Gasteiger partial charge in [0, 0.05) is 34.9 Å². The number of hydrogen-bond acceptors (Lipinski definition) is 5. The Morgan fingerprint density at radius 2 is 2.00 bits per heavy atom. The van der Waals surface area contributed by atoms with E-state index in [1.807, 2.05) is 18.2 Å². The summed E-state index contributed by atoms with van der Waals surface area (Å²) < 4.78 is 6.09. The van der Waals surface area contributed by atoms with E-state index in [0.29, 0.717) is 11.3 Å². The maximum atomic E-state index is 12.3. The van der Waals surface area contributed by atoms with E-state index in [4.69, 9.17) is 10.5 Å². The molecule has 0 radical (unpaired) electrons. The summed E-state index contributed by atoms with van der Waals surface area (Å²) in [5, 5.41) is 5.64. The fourth-order valence-electron chi connectivity index (χ4n) is 3.34. The summed E-state index contributed by atoms with van der Waals surface area (Å²) in [5.41, 5.74) is 7.84. The first-order chi connectivity index (χ1) is 13.9. The average Bonchev–Trinajstić information content (AvgIpc) is 3.15. The van der Waals surface area contributed by atoms with Crippen molar-refractivity contribution < 1.29 is 14.3 Å². The molecular formula is C21H25IN4O3.